The Morgan fingerprint density at radius 2 is 1.24 bits per heavy atom. The molecule has 0 aromatic rings. The minimum absolute atomic E-state index is 0.129. The Kier molecular flexibility index (Phi) is 18.1. The molecule has 0 aromatic heterocycles. The molecule has 0 saturated heterocycles. The van der Waals surface area contributed by atoms with Crippen LogP contribution in [0, 0.1) is 0 Å². The largest absolute Gasteiger partial charge is 0.480 e. The molecule has 45 heavy (non-hydrogen) atoms. The number of alkyl carbamates (subject to hydrolysis) is 2. The molecule has 0 heterocycles. The van der Waals surface area contributed by atoms with Gasteiger partial charge in [-0.25, -0.2) is 14.4 Å². The molecule has 0 bridgehead atoms. The third kappa shape index (κ3) is 20.1. The SMILES string of the molecule is CCC[C@H](NC(=O)[C@H](CCCCNC(=O)OC(C)(C)C)NC(=O)OC(C)(C)C)C(=O)N[C@@H](CNC(=O)[C@@H](Br)CC(N)=O)C(=O)O. The summed E-state index contributed by atoms with van der Waals surface area (Å²) in [5, 5.41) is 21.9. The van der Waals surface area contributed by atoms with Crippen LogP contribution < -0.4 is 32.3 Å². The molecule has 0 unspecified atom stereocenters. The van der Waals surface area contributed by atoms with Gasteiger partial charge in [-0.15, -0.1) is 0 Å². The number of ether oxygens (including phenoxy) is 2. The van der Waals surface area contributed by atoms with Gasteiger partial charge < -0.3 is 46.9 Å². The second-order valence-electron chi connectivity index (χ2n) is 12.3. The summed E-state index contributed by atoms with van der Waals surface area (Å²) in [6, 6.07) is -3.85. The van der Waals surface area contributed by atoms with Crippen molar-refractivity contribution in [2.24, 2.45) is 5.73 Å². The Morgan fingerprint density at radius 3 is 1.73 bits per heavy atom. The molecule has 0 aliphatic rings. The molecule has 4 atom stereocenters. The molecule has 17 heteroatoms. The Bertz CT molecular complexity index is 1040. The number of aliphatic carboxylic acids is 1. The quantitative estimate of drug-likeness (QED) is 0.0792. The lowest BCUT2D eigenvalue weighted by molar-refractivity contribution is -0.142. The lowest BCUT2D eigenvalue weighted by atomic mass is 10.1. The highest BCUT2D eigenvalue weighted by Crippen LogP contribution is 2.10. The number of primary amides is 1. The van der Waals surface area contributed by atoms with Crippen LogP contribution in [0.1, 0.15) is 87.0 Å². The van der Waals surface area contributed by atoms with Gasteiger partial charge in [-0.05, 0) is 67.2 Å². The van der Waals surface area contributed by atoms with Gasteiger partial charge in [0.15, 0.2) is 0 Å². The number of carboxylic acid groups (broad SMARTS) is 1. The number of carboxylic acids is 1. The normalized spacial score (nSPS) is 14.0. The topological polar surface area (TPSA) is 244 Å². The minimum Gasteiger partial charge on any atom is -0.480 e. The standard InChI is InChI=1S/C28H49BrN6O10/c1-8-11-17(22(38)34-19(24(40)41)15-32-21(37)16(29)14-20(30)36)33-23(39)18(35-26(43)45-28(5,6)7)12-9-10-13-31-25(42)44-27(2,3)4/h16-19H,8-15H2,1-7H3,(H2,30,36)(H,31,42)(H,32,37)(H,33,39)(H,34,38)(H,35,43)(H,40,41)/t16-,17-,18-,19-/m0/s1. The van der Waals surface area contributed by atoms with Crippen molar-refractivity contribution >= 4 is 57.7 Å². The second-order valence-corrected chi connectivity index (χ2v) is 13.4. The number of carbonyl (C=O) groups excluding carboxylic acids is 6. The zero-order valence-corrected chi connectivity index (χ0v) is 28.6. The van der Waals surface area contributed by atoms with Gasteiger partial charge in [-0.3, -0.25) is 19.2 Å². The van der Waals surface area contributed by atoms with E-state index in [1.807, 2.05) is 0 Å². The summed E-state index contributed by atoms with van der Waals surface area (Å²) in [6.45, 7) is 11.7. The average Bonchev–Trinajstić information content (AvgIpc) is 2.86. The zero-order chi connectivity index (χ0) is 35.0. The number of alkyl halides is 1. The van der Waals surface area contributed by atoms with E-state index >= 15 is 0 Å². The highest BCUT2D eigenvalue weighted by molar-refractivity contribution is 9.10. The third-order valence-electron chi connectivity index (χ3n) is 5.57. The van der Waals surface area contributed by atoms with Crippen molar-refractivity contribution in [3.05, 3.63) is 0 Å². The molecule has 0 aliphatic heterocycles. The maximum absolute atomic E-state index is 13.3. The van der Waals surface area contributed by atoms with Crippen LogP contribution in [0.4, 0.5) is 9.59 Å². The lowest BCUT2D eigenvalue weighted by Gasteiger charge is -2.26. The van der Waals surface area contributed by atoms with Gasteiger partial charge in [0.1, 0.15) is 34.2 Å². The number of nitrogens with one attached hydrogen (secondary N) is 5. The fraction of sp³-hybridized carbons (Fsp3) is 0.750. The summed E-state index contributed by atoms with van der Waals surface area (Å²) >= 11 is 2.98. The van der Waals surface area contributed by atoms with Gasteiger partial charge in [-0.1, -0.05) is 29.3 Å². The highest BCUT2D eigenvalue weighted by atomic mass is 79.9. The summed E-state index contributed by atoms with van der Waals surface area (Å²) in [5.74, 6) is -4.42. The maximum atomic E-state index is 13.3. The molecule has 0 fully saturated rings. The number of unbranched alkanes of at least 4 members (excludes halogenated alkanes) is 1. The summed E-state index contributed by atoms with van der Waals surface area (Å²) in [6.07, 6.45) is -0.229. The zero-order valence-electron chi connectivity index (χ0n) is 27.0. The fourth-order valence-corrected chi connectivity index (χ4v) is 4.06. The van der Waals surface area contributed by atoms with E-state index in [1.54, 1.807) is 48.5 Å². The fourth-order valence-electron chi connectivity index (χ4n) is 3.58. The van der Waals surface area contributed by atoms with E-state index < -0.39 is 82.5 Å². The van der Waals surface area contributed by atoms with Crippen LogP contribution in [0.5, 0.6) is 0 Å². The minimum atomic E-state index is -1.56. The van der Waals surface area contributed by atoms with Gasteiger partial charge in [0.25, 0.3) is 0 Å². The van der Waals surface area contributed by atoms with Crippen molar-refractivity contribution in [2.75, 3.05) is 13.1 Å². The molecule has 0 radical (unpaired) electrons. The van der Waals surface area contributed by atoms with Crippen molar-refractivity contribution in [3.8, 4) is 0 Å². The number of carbonyl (C=O) groups is 7. The van der Waals surface area contributed by atoms with Crippen LogP contribution in [0.3, 0.4) is 0 Å². The van der Waals surface area contributed by atoms with Gasteiger partial charge in [-0.2, -0.15) is 0 Å². The lowest BCUT2D eigenvalue weighted by Crippen LogP contribution is -2.57. The van der Waals surface area contributed by atoms with Crippen LogP contribution in [0.25, 0.3) is 0 Å². The summed E-state index contributed by atoms with van der Waals surface area (Å²) in [7, 11) is 0. The molecule has 16 nitrogen and oxygen atoms in total. The van der Waals surface area contributed by atoms with Crippen LogP contribution in [-0.2, 0) is 33.4 Å². The van der Waals surface area contributed by atoms with Crippen molar-refractivity contribution in [1.82, 2.24) is 26.6 Å². The molecular weight excluding hydrogens is 660 g/mol. The molecule has 0 aliphatic carbocycles. The van der Waals surface area contributed by atoms with E-state index in [2.05, 4.69) is 42.5 Å². The monoisotopic (exact) mass is 708 g/mol. The van der Waals surface area contributed by atoms with Crippen LogP contribution in [0.2, 0.25) is 0 Å². The summed E-state index contributed by atoms with van der Waals surface area (Å²) in [5.41, 5.74) is 3.56. The number of halogens is 1. The van der Waals surface area contributed by atoms with Gasteiger partial charge in [0.05, 0.1) is 0 Å². The predicted octanol–water partition coefficient (Wildman–Crippen LogP) is 1.18. The van der Waals surface area contributed by atoms with Crippen LogP contribution in [-0.4, -0.2) is 94.1 Å². The number of hydrogen-bond acceptors (Lipinski definition) is 9. The number of nitrogens with two attached hydrogens (primary N) is 1. The van der Waals surface area contributed by atoms with Crippen molar-refractivity contribution in [3.63, 3.8) is 0 Å². The third-order valence-corrected chi connectivity index (χ3v) is 6.31. The van der Waals surface area contributed by atoms with Crippen LogP contribution >= 0.6 is 15.9 Å². The van der Waals surface area contributed by atoms with E-state index in [0.717, 1.165) is 0 Å². The first kappa shape index (κ1) is 41.4. The molecule has 0 spiro atoms. The van der Waals surface area contributed by atoms with Crippen molar-refractivity contribution < 1.29 is 48.1 Å². The van der Waals surface area contributed by atoms with E-state index in [-0.39, 0.29) is 25.8 Å². The van der Waals surface area contributed by atoms with Gasteiger partial charge in [0, 0.05) is 19.5 Å². The van der Waals surface area contributed by atoms with Crippen molar-refractivity contribution in [2.45, 2.75) is 121 Å². The first-order chi connectivity index (χ1) is 20.6. The van der Waals surface area contributed by atoms with Gasteiger partial charge >= 0.3 is 18.2 Å². The van der Waals surface area contributed by atoms with E-state index in [4.69, 9.17) is 15.2 Å². The summed E-state index contributed by atoms with van der Waals surface area (Å²) in [4.78, 5) is 84.7. The smallest absolute Gasteiger partial charge is 0.408 e. The molecular formula is C28H49BrN6O10. The maximum Gasteiger partial charge on any atom is 0.408 e. The Hall–Kier alpha value is -3.63. The van der Waals surface area contributed by atoms with E-state index in [0.29, 0.717) is 19.3 Å². The first-order valence-corrected chi connectivity index (χ1v) is 15.6. The Balaban J connectivity index is 5.47. The molecule has 0 saturated carbocycles. The second kappa shape index (κ2) is 19.7. The molecule has 0 rings (SSSR count). The van der Waals surface area contributed by atoms with Crippen LogP contribution in [0.15, 0.2) is 0 Å². The van der Waals surface area contributed by atoms with Gasteiger partial charge in [0.2, 0.25) is 23.6 Å². The Labute approximate surface area is 272 Å². The summed E-state index contributed by atoms with van der Waals surface area (Å²) < 4.78 is 10.5. The van der Waals surface area contributed by atoms with E-state index in [1.165, 1.54) is 0 Å². The molecule has 0 aromatic carbocycles. The molecule has 6 amide bonds. The predicted molar refractivity (Wildman–Crippen MR) is 167 cm³/mol. The number of hydrogen-bond donors (Lipinski definition) is 7. The van der Waals surface area contributed by atoms with Crippen molar-refractivity contribution in [1.29, 1.82) is 0 Å². The Morgan fingerprint density at radius 1 is 0.733 bits per heavy atom. The number of amides is 6. The highest BCUT2D eigenvalue weighted by Gasteiger charge is 2.31. The van der Waals surface area contributed by atoms with E-state index in [9.17, 15) is 38.7 Å². The first-order valence-electron chi connectivity index (χ1n) is 14.6. The number of rotatable bonds is 18. The average molecular weight is 710 g/mol. The molecule has 258 valence electrons. The molecule has 8 N–H and O–H groups in total.